The van der Waals surface area contributed by atoms with Gasteiger partial charge in [-0.1, -0.05) is 49.2 Å². The van der Waals surface area contributed by atoms with Crippen LogP contribution < -0.4 is 15.0 Å². The molecule has 3 aliphatic rings. The number of aliphatic hydroxyl groups is 1. The summed E-state index contributed by atoms with van der Waals surface area (Å²) in [5.41, 5.74) is -0.561. The van der Waals surface area contributed by atoms with E-state index in [9.17, 15) is 19.5 Å². The molecule has 44 heavy (non-hydrogen) atoms. The molecular weight excluding hydrogens is 592 g/mol. The van der Waals surface area contributed by atoms with Crippen molar-refractivity contribution in [3.05, 3.63) is 46.5 Å². The molecule has 7 atom stereocenters. The number of nitrogens with one attached hydrogen (secondary N) is 1. The normalized spacial score (nSPS) is 33.3. The van der Waals surface area contributed by atoms with Crippen molar-refractivity contribution in [1.82, 2.24) is 5.32 Å². The molecular formula is C32H43ClN2O9. The van der Waals surface area contributed by atoms with E-state index >= 15 is 0 Å². The molecule has 11 nitrogen and oxygen atoms in total. The number of epoxide rings is 1. The Balaban J connectivity index is 1.79. The smallest absolute Gasteiger partial charge is 0.409 e. The number of hydrogen-bond acceptors (Lipinski definition) is 9. The zero-order valence-corrected chi connectivity index (χ0v) is 27.1. The zero-order valence-electron chi connectivity index (χ0n) is 26.3. The molecule has 2 amide bonds. The van der Waals surface area contributed by atoms with Gasteiger partial charge in [0.1, 0.15) is 34.7 Å². The first-order chi connectivity index (χ1) is 20.8. The average Bonchev–Trinajstić information content (AvgIpc) is 3.66. The van der Waals surface area contributed by atoms with E-state index in [0.717, 1.165) is 11.1 Å². The first-order valence-corrected chi connectivity index (χ1v) is 15.2. The molecule has 3 aliphatic heterocycles. The van der Waals surface area contributed by atoms with Crippen molar-refractivity contribution in [2.45, 2.75) is 95.5 Å². The summed E-state index contributed by atoms with van der Waals surface area (Å²) in [6, 6.07) is 3.64. The van der Waals surface area contributed by atoms with Crippen molar-refractivity contribution in [1.29, 1.82) is 0 Å². The Labute approximate surface area is 263 Å². The Morgan fingerprint density at radius 1 is 1.27 bits per heavy atom. The van der Waals surface area contributed by atoms with Crippen LogP contribution in [0.4, 0.5) is 10.5 Å². The Hall–Kier alpha value is -3.12. The first-order valence-electron chi connectivity index (χ1n) is 14.8. The number of fused-ring (bicyclic) bond motifs is 5. The topological polar surface area (TPSA) is 136 Å². The fraction of sp³-hybridized carbons (Fsp3) is 0.594. The largest absolute Gasteiger partial charge is 0.495 e. The molecule has 4 bridgehead atoms. The summed E-state index contributed by atoms with van der Waals surface area (Å²) in [5, 5.41) is 14.4. The molecule has 2 N–H and O–H groups in total. The van der Waals surface area contributed by atoms with Gasteiger partial charge in [-0.25, -0.2) is 4.79 Å². The van der Waals surface area contributed by atoms with E-state index in [2.05, 4.69) is 5.32 Å². The third kappa shape index (κ3) is 7.06. The van der Waals surface area contributed by atoms with E-state index in [-0.39, 0.29) is 30.2 Å². The minimum Gasteiger partial charge on any atom is -0.495 e. The predicted molar refractivity (Wildman–Crippen MR) is 164 cm³/mol. The third-order valence-corrected chi connectivity index (χ3v) is 9.06. The molecule has 3 heterocycles. The number of hydrogen-bond donors (Lipinski definition) is 2. The monoisotopic (exact) mass is 634 g/mol. The number of nitrogens with zero attached hydrogens (tertiary/aromatic N) is 1. The summed E-state index contributed by atoms with van der Waals surface area (Å²) in [5.74, 6) is -0.813. The van der Waals surface area contributed by atoms with Gasteiger partial charge >= 0.3 is 12.1 Å². The van der Waals surface area contributed by atoms with Crippen LogP contribution in [0, 0.1) is 5.92 Å². The maximum Gasteiger partial charge on any atom is 0.409 e. The average molecular weight is 635 g/mol. The van der Waals surface area contributed by atoms with Gasteiger partial charge in [0.25, 0.3) is 0 Å². The van der Waals surface area contributed by atoms with E-state index in [1.807, 2.05) is 39.0 Å². The summed E-state index contributed by atoms with van der Waals surface area (Å²) in [6.45, 7) is 7.41. The van der Waals surface area contributed by atoms with Gasteiger partial charge in [0, 0.05) is 32.9 Å². The van der Waals surface area contributed by atoms with Gasteiger partial charge in [0.15, 0.2) is 5.72 Å². The molecule has 0 aromatic heterocycles. The Morgan fingerprint density at radius 2 is 2.00 bits per heavy atom. The molecule has 0 aliphatic carbocycles. The third-order valence-electron chi connectivity index (χ3n) is 8.68. The molecule has 4 rings (SSSR count). The van der Waals surface area contributed by atoms with Crippen molar-refractivity contribution >= 4 is 35.3 Å². The lowest BCUT2D eigenvalue weighted by molar-refractivity contribution is -0.153. The first kappa shape index (κ1) is 33.8. The van der Waals surface area contributed by atoms with E-state index in [4.69, 9.17) is 35.3 Å². The molecule has 1 aromatic carbocycles. The predicted octanol–water partition coefficient (Wildman–Crippen LogP) is 4.47. The SMILES string of the molecule is CCCC(=O)O[C@H]1CC(=O)N(C)c2cc(cc(OC)c2Cl)CC(C)=C/C=C\[C@@H](OC)[C@@]2(O)C[C@H](OC(=O)N2)[C@@H](C)[C@H]2O[C@@]12C. The van der Waals surface area contributed by atoms with E-state index in [1.54, 1.807) is 26.1 Å². The highest BCUT2D eigenvalue weighted by atomic mass is 35.5. The van der Waals surface area contributed by atoms with Crippen LogP contribution in [0.3, 0.4) is 0 Å². The molecule has 2 saturated heterocycles. The van der Waals surface area contributed by atoms with Gasteiger partial charge < -0.3 is 33.7 Å². The van der Waals surface area contributed by atoms with Crippen LogP contribution in [0.1, 0.15) is 58.9 Å². The van der Waals surface area contributed by atoms with Gasteiger partial charge in [0.2, 0.25) is 5.91 Å². The second-order valence-electron chi connectivity index (χ2n) is 12.0. The number of alkyl carbamates (subject to hydrolysis) is 1. The van der Waals surface area contributed by atoms with Gasteiger partial charge in [-0.2, -0.15) is 0 Å². The number of benzene rings is 1. The fourth-order valence-corrected chi connectivity index (χ4v) is 6.34. The number of carbonyl (C=O) groups excluding carboxylic acids is 3. The molecule has 0 spiro atoms. The second-order valence-corrected chi connectivity index (χ2v) is 12.4. The van der Waals surface area contributed by atoms with Gasteiger partial charge in [0.05, 0.1) is 25.3 Å². The molecule has 0 radical (unpaired) electrons. The summed E-state index contributed by atoms with van der Waals surface area (Å²) in [4.78, 5) is 40.6. The summed E-state index contributed by atoms with van der Waals surface area (Å²) in [6.07, 6.45) is 2.47. The van der Waals surface area contributed by atoms with Crippen molar-refractivity contribution in [2.75, 3.05) is 26.2 Å². The van der Waals surface area contributed by atoms with E-state index < -0.39 is 53.7 Å². The number of carbonyl (C=O) groups is 3. The number of allylic oxidation sites excluding steroid dienone is 3. The van der Waals surface area contributed by atoms with Gasteiger partial charge in [-0.05, 0) is 44.4 Å². The fourth-order valence-electron chi connectivity index (χ4n) is 6.03. The van der Waals surface area contributed by atoms with E-state index in [1.165, 1.54) is 19.1 Å². The van der Waals surface area contributed by atoms with Gasteiger partial charge in [-0.15, -0.1) is 0 Å². The lowest BCUT2D eigenvalue weighted by Gasteiger charge is -2.42. The lowest BCUT2D eigenvalue weighted by Crippen LogP contribution is -2.63. The van der Waals surface area contributed by atoms with Crippen LogP contribution >= 0.6 is 11.6 Å². The van der Waals surface area contributed by atoms with Crippen LogP contribution in [0.15, 0.2) is 35.9 Å². The molecule has 0 saturated carbocycles. The highest BCUT2D eigenvalue weighted by Crippen LogP contribution is 2.49. The van der Waals surface area contributed by atoms with Crippen LogP contribution in [0.2, 0.25) is 5.02 Å². The van der Waals surface area contributed by atoms with E-state index in [0.29, 0.717) is 24.3 Å². The number of ether oxygens (including phenoxy) is 5. The second kappa shape index (κ2) is 13.5. The lowest BCUT2D eigenvalue weighted by atomic mass is 9.83. The highest BCUT2D eigenvalue weighted by molar-refractivity contribution is 6.35. The maximum atomic E-state index is 13.8. The van der Waals surface area contributed by atoms with Crippen LogP contribution in [0.25, 0.3) is 0 Å². The molecule has 2 fully saturated rings. The molecule has 242 valence electrons. The number of rotatable bonds is 5. The van der Waals surface area contributed by atoms with Crippen molar-refractivity contribution in [3.63, 3.8) is 0 Å². The number of amides is 2. The highest BCUT2D eigenvalue weighted by Gasteiger charge is 2.64. The Morgan fingerprint density at radius 3 is 2.66 bits per heavy atom. The van der Waals surface area contributed by atoms with Crippen molar-refractivity contribution in [3.8, 4) is 5.75 Å². The summed E-state index contributed by atoms with van der Waals surface area (Å²) >= 11 is 6.68. The van der Waals surface area contributed by atoms with Crippen LogP contribution in [0.5, 0.6) is 5.75 Å². The Kier molecular flexibility index (Phi) is 10.3. The molecule has 12 heteroatoms. The quantitative estimate of drug-likeness (QED) is 0.355. The number of halogens is 1. The Bertz CT molecular complexity index is 1330. The number of anilines is 1. The zero-order chi connectivity index (χ0) is 32.4. The number of methoxy groups -OCH3 is 2. The minimum atomic E-state index is -1.76. The summed E-state index contributed by atoms with van der Waals surface area (Å²) < 4.78 is 28.8. The number of esters is 1. The van der Waals surface area contributed by atoms with Gasteiger partial charge in [-0.3, -0.25) is 14.9 Å². The summed E-state index contributed by atoms with van der Waals surface area (Å²) in [7, 11) is 4.57. The maximum absolute atomic E-state index is 13.8. The molecule has 0 unspecified atom stereocenters. The minimum absolute atomic E-state index is 0.00742. The standard InChI is InChI=1S/C32H43ClN2O9/c1-8-10-27(37)43-25-16-26(36)35(5)21-14-20(15-22(40-6)28(21)33)13-18(2)11-9-12-24(41-7)32(39)17-23(42-30(38)34-32)19(3)29-31(25,4)44-29/h9,11-12,14-15,19,23-25,29,39H,8,10,13,16-17H2,1-7H3,(H,34,38)/b12-9-,18-11?/t19-,23+,24-,25+,29-,31+,32+/m1/s1. The van der Waals surface area contributed by atoms with Crippen LogP contribution in [-0.4, -0.2) is 80.1 Å². The van der Waals surface area contributed by atoms with Crippen LogP contribution in [-0.2, 0) is 35.0 Å². The van der Waals surface area contributed by atoms with Crippen molar-refractivity contribution < 1.29 is 43.2 Å². The molecule has 1 aromatic rings. The van der Waals surface area contributed by atoms with Crippen molar-refractivity contribution in [2.24, 2.45) is 5.92 Å².